The smallest absolute Gasteiger partial charge is 0.264 e. The molecule has 5 rings (SSSR count). The van der Waals surface area contributed by atoms with Crippen molar-refractivity contribution in [3.05, 3.63) is 102 Å². The first kappa shape index (κ1) is 25.7. The zero-order valence-electron chi connectivity index (χ0n) is 20.1. The van der Waals surface area contributed by atoms with Crippen LogP contribution in [0.1, 0.15) is 15.9 Å². The average Bonchev–Trinajstić information content (AvgIpc) is 2.92. The number of carbonyl (C=O) groups excluding carboxylic acids is 1. The van der Waals surface area contributed by atoms with Gasteiger partial charge in [0.1, 0.15) is 10.7 Å². The van der Waals surface area contributed by atoms with E-state index in [1.807, 2.05) is 4.90 Å². The summed E-state index contributed by atoms with van der Waals surface area (Å²) in [6.45, 7) is 1.71. The highest BCUT2D eigenvalue weighted by molar-refractivity contribution is 7.93. The van der Waals surface area contributed by atoms with Crippen LogP contribution >= 0.6 is 0 Å². The Labute approximate surface area is 217 Å². The van der Waals surface area contributed by atoms with E-state index >= 15 is 0 Å². The monoisotopic (exact) mass is 540 g/mol. The van der Waals surface area contributed by atoms with Gasteiger partial charge in [-0.3, -0.25) is 19.4 Å². The Morgan fingerprint density at radius 3 is 2.39 bits per heavy atom. The summed E-state index contributed by atoms with van der Waals surface area (Å²) in [4.78, 5) is 20.5. The number of nitrogens with zero attached hydrogens (tertiary/aromatic N) is 3. The largest absolute Gasteiger partial charge is 0.336 e. The molecule has 0 radical (unpaired) electrons. The van der Waals surface area contributed by atoms with Crippen LogP contribution in [-0.2, 0) is 16.6 Å². The van der Waals surface area contributed by atoms with E-state index in [0.717, 1.165) is 12.1 Å². The maximum Gasteiger partial charge on any atom is 0.264 e. The van der Waals surface area contributed by atoms with Crippen LogP contribution in [0.2, 0.25) is 0 Å². The van der Waals surface area contributed by atoms with Gasteiger partial charge in [-0.25, -0.2) is 21.6 Å². The number of anilines is 1. The molecule has 0 spiro atoms. The Morgan fingerprint density at radius 2 is 1.63 bits per heavy atom. The fourth-order valence-corrected chi connectivity index (χ4v) is 5.67. The number of hydrogen-bond donors (Lipinski definition) is 1. The van der Waals surface area contributed by atoms with Crippen molar-refractivity contribution >= 4 is 32.5 Å². The molecule has 1 aliphatic rings. The Morgan fingerprint density at radius 1 is 0.895 bits per heavy atom. The molecule has 0 bridgehead atoms. The molecular weight excluding hydrogens is 517 g/mol. The summed E-state index contributed by atoms with van der Waals surface area (Å²) in [7, 11) is -4.16. The first-order valence-corrected chi connectivity index (χ1v) is 13.3. The molecule has 0 unspecified atom stereocenters. The van der Waals surface area contributed by atoms with E-state index < -0.39 is 33.4 Å². The Kier molecular flexibility index (Phi) is 7.04. The van der Waals surface area contributed by atoms with Crippen LogP contribution in [0.3, 0.4) is 0 Å². The topological polar surface area (TPSA) is 82.6 Å². The SMILES string of the molecule is O=C(c1ccc(NS(=O)(=O)c2cccc3cccnc23)c(F)c1)N1CCN(Cc2cccc(F)c2F)CC1. The van der Waals surface area contributed by atoms with Crippen LogP contribution < -0.4 is 4.72 Å². The fraction of sp³-hybridized carbons (Fsp3) is 0.185. The van der Waals surface area contributed by atoms with Gasteiger partial charge in [-0.2, -0.15) is 0 Å². The molecule has 2 heterocycles. The Bertz CT molecular complexity index is 1620. The third kappa shape index (κ3) is 5.20. The minimum Gasteiger partial charge on any atom is -0.336 e. The maximum absolute atomic E-state index is 14.9. The Hall–Kier alpha value is -3.96. The fourth-order valence-electron chi connectivity index (χ4n) is 4.43. The number of halogens is 3. The van der Waals surface area contributed by atoms with E-state index in [1.54, 1.807) is 29.2 Å². The first-order chi connectivity index (χ1) is 18.2. The lowest BCUT2D eigenvalue weighted by Crippen LogP contribution is -2.48. The van der Waals surface area contributed by atoms with Crippen molar-refractivity contribution in [1.82, 2.24) is 14.8 Å². The molecular formula is C27H23F3N4O3S. The van der Waals surface area contributed by atoms with E-state index in [9.17, 15) is 26.4 Å². The van der Waals surface area contributed by atoms with Gasteiger partial charge in [0.2, 0.25) is 0 Å². The normalized spacial score (nSPS) is 14.6. The molecule has 0 saturated carbocycles. The van der Waals surface area contributed by atoms with E-state index in [2.05, 4.69) is 9.71 Å². The highest BCUT2D eigenvalue weighted by Crippen LogP contribution is 2.25. The molecule has 1 fully saturated rings. The summed E-state index contributed by atoms with van der Waals surface area (Å²) in [5, 5.41) is 0.623. The van der Waals surface area contributed by atoms with Gasteiger partial charge in [-0.1, -0.05) is 30.3 Å². The molecule has 1 amide bonds. The predicted molar refractivity (Wildman–Crippen MR) is 136 cm³/mol. The van der Waals surface area contributed by atoms with Gasteiger partial charge < -0.3 is 4.90 Å². The summed E-state index contributed by atoms with van der Waals surface area (Å²) in [5.74, 6) is -3.09. The number of sulfonamides is 1. The maximum atomic E-state index is 14.9. The van der Waals surface area contributed by atoms with Crippen molar-refractivity contribution in [2.24, 2.45) is 0 Å². The van der Waals surface area contributed by atoms with Crippen LogP contribution in [-0.4, -0.2) is 55.3 Å². The third-order valence-corrected chi connectivity index (χ3v) is 7.83. The second-order valence-corrected chi connectivity index (χ2v) is 10.6. The van der Waals surface area contributed by atoms with Crippen LogP contribution in [0.5, 0.6) is 0 Å². The van der Waals surface area contributed by atoms with Crippen LogP contribution in [0.25, 0.3) is 10.9 Å². The van der Waals surface area contributed by atoms with E-state index in [4.69, 9.17) is 0 Å². The number of para-hydroxylation sites is 1. The second kappa shape index (κ2) is 10.4. The molecule has 4 aromatic rings. The van der Waals surface area contributed by atoms with Crippen molar-refractivity contribution in [1.29, 1.82) is 0 Å². The number of benzene rings is 3. The zero-order chi connectivity index (χ0) is 26.9. The first-order valence-electron chi connectivity index (χ1n) is 11.8. The number of aromatic nitrogens is 1. The molecule has 1 saturated heterocycles. The summed E-state index contributed by atoms with van der Waals surface area (Å²) in [6.07, 6.45) is 1.47. The van der Waals surface area contributed by atoms with Gasteiger partial charge in [0.25, 0.3) is 15.9 Å². The Balaban J connectivity index is 1.25. The molecule has 38 heavy (non-hydrogen) atoms. The number of pyridine rings is 1. The molecule has 1 aromatic heterocycles. The van der Waals surface area contributed by atoms with Gasteiger partial charge in [0, 0.05) is 55.4 Å². The van der Waals surface area contributed by atoms with E-state index in [1.165, 1.54) is 36.5 Å². The predicted octanol–water partition coefficient (Wildman–Crippen LogP) is 4.41. The summed E-state index contributed by atoms with van der Waals surface area (Å²) in [5.41, 5.74) is 0.275. The number of nitrogens with one attached hydrogen (secondary N) is 1. The molecule has 1 N–H and O–H groups in total. The van der Waals surface area contributed by atoms with Gasteiger partial charge in [-0.15, -0.1) is 0 Å². The van der Waals surface area contributed by atoms with Crippen molar-refractivity contribution < 1.29 is 26.4 Å². The van der Waals surface area contributed by atoms with Crippen LogP contribution in [0.4, 0.5) is 18.9 Å². The quantitative estimate of drug-likeness (QED) is 0.392. The number of carbonyl (C=O) groups is 1. The molecule has 1 aliphatic heterocycles. The summed E-state index contributed by atoms with van der Waals surface area (Å²) in [6, 6.07) is 15.7. The van der Waals surface area contributed by atoms with E-state index in [0.29, 0.717) is 31.6 Å². The molecule has 0 aliphatic carbocycles. The minimum atomic E-state index is -4.16. The lowest BCUT2D eigenvalue weighted by atomic mass is 10.1. The van der Waals surface area contributed by atoms with Crippen molar-refractivity contribution in [3.63, 3.8) is 0 Å². The van der Waals surface area contributed by atoms with E-state index in [-0.39, 0.29) is 33.8 Å². The third-order valence-electron chi connectivity index (χ3n) is 6.43. The number of hydrogen-bond acceptors (Lipinski definition) is 5. The van der Waals surface area contributed by atoms with Crippen LogP contribution in [0.15, 0.2) is 77.8 Å². The number of fused-ring (bicyclic) bond motifs is 1. The molecule has 0 atom stereocenters. The summed E-state index contributed by atoms with van der Waals surface area (Å²) < 4.78 is 70.6. The van der Waals surface area contributed by atoms with Gasteiger partial charge >= 0.3 is 0 Å². The standard InChI is InChI=1S/C27H23F3N4O3S/c28-21-7-1-5-20(25(21)30)17-33-12-14-34(15-13-33)27(35)19-9-10-23(22(29)16-19)32-38(36,37)24-8-2-4-18-6-3-11-31-26(18)24/h1-11,16,32H,12-15,17H2. The van der Waals surface area contributed by atoms with Crippen molar-refractivity contribution in [3.8, 4) is 0 Å². The minimum absolute atomic E-state index is 0.0712. The lowest BCUT2D eigenvalue weighted by Gasteiger charge is -2.34. The molecule has 196 valence electrons. The highest BCUT2D eigenvalue weighted by Gasteiger charge is 2.25. The number of rotatable bonds is 6. The second-order valence-electron chi connectivity index (χ2n) is 8.91. The zero-order valence-corrected chi connectivity index (χ0v) is 20.9. The van der Waals surface area contributed by atoms with Crippen molar-refractivity contribution in [2.45, 2.75) is 11.4 Å². The van der Waals surface area contributed by atoms with Gasteiger partial charge in [-0.05, 0) is 36.4 Å². The number of amides is 1. The molecule has 3 aromatic carbocycles. The lowest BCUT2D eigenvalue weighted by molar-refractivity contribution is 0.0626. The number of piperazine rings is 1. The van der Waals surface area contributed by atoms with Crippen molar-refractivity contribution in [2.75, 3.05) is 30.9 Å². The highest BCUT2D eigenvalue weighted by atomic mass is 32.2. The molecule has 7 nitrogen and oxygen atoms in total. The molecule has 11 heteroatoms. The van der Waals surface area contributed by atoms with Crippen LogP contribution in [0, 0.1) is 17.5 Å². The summed E-state index contributed by atoms with van der Waals surface area (Å²) >= 11 is 0. The average molecular weight is 541 g/mol. The van der Waals surface area contributed by atoms with Gasteiger partial charge in [0.05, 0.1) is 11.2 Å². The van der Waals surface area contributed by atoms with Gasteiger partial charge in [0.15, 0.2) is 11.6 Å².